The van der Waals surface area contributed by atoms with E-state index in [4.69, 9.17) is 15.6 Å². The Labute approximate surface area is 88.7 Å². The zero-order valence-corrected chi connectivity index (χ0v) is 8.96. The highest BCUT2D eigenvalue weighted by molar-refractivity contribution is 5.31. The maximum absolute atomic E-state index is 13.1. The lowest BCUT2D eigenvalue weighted by Crippen LogP contribution is -2.42. The lowest BCUT2D eigenvalue weighted by atomic mass is 9.95. The normalized spacial score (nSPS) is 14.7. The number of aliphatic hydroxyl groups is 1. The van der Waals surface area contributed by atoms with Gasteiger partial charge in [0, 0.05) is 5.54 Å². The van der Waals surface area contributed by atoms with Gasteiger partial charge in [0.2, 0.25) is 0 Å². The van der Waals surface area contributed by atoms with E-state index in [1.54, 1.807) is 19.1 Å². The highest BCUT2D eigenvalue weighted by Gasteiger charge is 2.18. The summed E-state index contributed by atoms with van der Waals surface area (Å²) in [5.74, 6) is -0.204. The van der Waals surface area contributed by atoms with Crippen LogP contribution in [0.25, 0.3) is 0 Å². The van der Waals surface area contributed by atoms with Crippen molar-refractivity contribution in [1.29, 1.82) is 0 Å². The number of hydrogen-bond acceptors (Lipinski definition) is 3. The molecule has 1 aromatic rings. The zero-order chi connectivity index (χ0) is 11.5. The third-order valence-electron chi connectivity index (χ3n) is 2.18. The molecule has 15 heavy (non-hydrogen) atoms. The monoisotopic (exact) mass is 213 g/mol. The van der Waals surface area contributed by atoms with Crippen molar-refractivity contribution in [3.05, 3.63) is 29.6 Å². The second kappa shape index (κ2) is 4.59. The molecule has 3 nitrogen and oxygen atoms in total. The molecule has 1 aromatic carbocycles. The smallest absolute Gasteiger partial charge is 0.165 e. The Bertz CT molecular complexity index is 339. The number of nitrogens with two attached hydrogens (primary N) is 1. The fourth-order valence-electron chi connectivity index (χ4n) is 1.34. The Morgan fingerprint density at radius 1 is 1.53 bits per heavy atom. The molecule has 84 valence electrons. The topological polar surface area (TPSA) is 55.5 Å². The summed E-state index contributed by atoms with van der Waals surface area (Å²) >= 11 is 0. The summed E-state index contributed by atoms with van der Waals surface area (Å²) in [5, 5.41) is 9.01. The fraction of sp³-hybridized carbons (Fsp3) is 0.455. The predicted octanol–water partition coefficient (Wildman–Crippen LogP) is 1.09. The first-order valence-corrected chi connectivity index (χ1v) is 4.70. The van der Waals surface area contributed by atoms with Gasteiger partial charge in [-0.1, -0.05) is 6.07 Å². The minimum Gasteiger partial charge on any atom is -0.494 e. The number of rotatable bonds is 4. The van der Waals surface area contributed by atoms with E-state index in [2.05, 4.69) is 0 Å². The summed E-state index contributed by atoms with van der Waals surface area (Å²) in [7, 11) is 1.41. The molecule has 0 aliphatic heterocycles. The van der Waals surface area contributed by atoms with Crippen molar-refractivity contribution in [2.75, 3.05) is 13.7 Å². The number of aliphatic hydroxyl groups excluding tert-OH is 1. The van der Waals surface area contributed by atoms with Crippen LogP contribution < -0.4 is 10.5 Å². The molecule has 0 bridgehead atoms. The Balaban J connectivity index is 2.87. The van der Waals surface area contributed by atoms with Crippen LogP contribution in [0, 0.1) is 5.82 Å². The van der Waals surface area contributed by atoms with Gasteiger partial charge < -0.3 is 15.6 Å². The average Bonchev–Trinajstić information content (AvgIpc) is 2.20. The molecule has 0 heterocycles. The second-order valence-corrected chi connectivity index (χ2v) is 3.96. The minimum absolute atomic E-state index is 0.118. The van der Waals surface area contributed by atoms with Gasteiger partial charge in [-0.3, -0.25) is 0 Å². The van der Waals surface area contributed by atoms with Gasteiger partial charge in [-0.05, 0) is 31.0 Å². The number of hydrogen-bond donors (Lipinski definition) is 2. The van der Waals surface area contributed by atoms with E-state index in [-0.39, 0.29) is 12.4 Å². The highest BCUT2D eigenvalue weighted by Crippen LogP contribution is 2.20. The third-order valence-corrected chi connectivity index (χ3v) is 2.18. The second-order valence-electron chi connectivity index (χ2n) is 3.96. The van der Waals surface area contributed by atoms with Crippen molar-refractivity contribution in [1.82, 2.24) is 0 Å². The Kier molecular flexibility index (Phi) is 3.66. The van der Waals surface area contributed by atoms with E-state index < -0.39 is 11.4 Å². The van der Waals surface area contributed by atoms with E-state index >= 15 is 0 Å². The summed E-state index contributed by atoms with van der Waals surface area (Å²) in [6, 6.07) is 4.57. The number of benzene rings is 1. The highest BCUT2D eigenvalue weighted by atomic mass is 19.1. The maximum Gasteiger partial charge on any atom is 0.165 e. The molecule has 0 amide bonds. The van der Waals surface area contributed by atoms with E-state index in [9.17, 15) is 4.39 Å². The summed E-state index contributed by atoms with van der Waals surface area (Å²) in [6.07, 6.45) is 0.472. The third kappa shape index (κ3) is 3.18. The van der Waals surface area contributed by atoms with Crippen molar-refractivity contribution in [2.24, 2.45) is 5.73 Å². The first kappa shape index (κ1) is 11.9. The van der Waals surface area contributed by atoms with Crippen LogP contribution in [0.15, 0.2) is 18.2 Å². The summed E-state index contributed by atoms with van der Waals surface area (Å²) < 4.78 is 17.9. The quantitative estimate of drug-likeness (QED) is 0.787. The Morgan fingerprint density at radius 3 is 2.73 bits per heavy atom. The Morgan fingerprint density at radius 2 is 2.20 bits per heavy atom. The molecule has 3 N–H and O–H groups in total. The summed E-state index contributed by atoms with van der Waals surface area (Å²) in [6.45, 7) is 1.62. The molecular weight excluding hydrogens is 197 g/mol. The lowest BCUT2D eigenvalue weighted by Gasteiger charge is -2.21. The molecular formula is C11H16FNO2. The van der Waals surface area contributed by atoms with Crippen molar-refractivity contribution < 1.29 is 14.2 Å². The van der Waals surface area contributed by atoms with Crippen molar-refractivity contribution in [3.63, 3.8) is 0 Å². The van der Waals surface area contributed by atoms with Crippen LogP contribution in [0.5, 0.6) is 5.75 Å². The molecule has 1 unspecified atom stereocenters. The summed E-state index contributed by atoms with van der Waals surface area (Å²) in [5.41, 5.74) is 5.94. The molecule has 0 spiro atoms. The van der Waals surface area contributed by atoms with Gasteiger partial charge in [-0.2, -0.15) is 0 Å². The van der Waals surface area contributed by atoms with Crippen LogP contribution in [-0.2, 0) is 6.42 Å². The van der Waals surface area contributed by atoms with Crippen LogP contribution in [-0.4, -0.2) is 24.4 Å². The molecule has 0 aromatic heterocycles. The van der Waals surface area contributed by atoms with E-state index in [0.717, 1.165) is 5.56 Å². The largest absolute Gasteiger partial charge is 0.494 e. The van der Waals surface area contributed by atoms with Gasteiger partial charge in [-0.15, -0.1) is 0 Å². The molecule has 0 aliphatic carbocycles. The van der Waals surface area contributed by atoms with Gasteiger partial charge in [0.25, 0.3) is 0 Å². The van der Waals surface area contributed by atoms with Crippen molar-refractivity contribution >= 4 is 0 Å². The number of methoxy groups -OCH3 is 1. The van der Waals surface area contributed by atoms with Gasteiger partial charge in [0.15, 0.2) is 11.6 Å². The Hall–Kier alpha value is -1.13. The fourth-order valence-corrected chi connectivity index (χ4v) is 1.34. The average molecular weight is 213 g/mol. The zero-order valence-electron chi connectivity index (χ0n) is 8.96. The molecule has 4 heteroatoms. The van der Waals surface area contributed by atoms with Crippen LogP contribution in [0.2, 0.25) is 0 Å². The molecule has 1 atom stereocenters. The molecule has 0 radical (unpaired) electrons. The molecule has 1 rings (SSSR count). The van der Waals surface area contributed by atoms with E-state index in [1.165, 1.54) is 13.2 Å². The van der Waals surface area contributed by atoms with E-state index in [0.29, 0.717) is 6.42 Å². The first-order chi connectivity index (χ1) is 6.98. The van der Waals surface area contributed by atoms with Crippen LogP contribution in [0.4, 0.5) is 4.39 Å². The molecule has 0 aliphatic rings. The number of halogens is 1. The van der Waals surface area contributed by atoms with E-state index in [1.807, 2.05) is 0 Å². The molecule has 0 saturated carbocycles. The van der Waals surface area contributed by atoms with Gasteiger partial charge in [0.05, 0.1) is 13.7 Å². The van der Waals surface area contributed by atoms with Crippen LogP contribution >= 0.6 is 0 Å². The van der Waals surface area contributed by atoms with Crippen molar-refractivity contribution in [3.8, 4) is 5.75 Å². The maximum atomic E-state index is 13.1. The number of ether oxygens (including phenoxy) is 1. The molecule has 0 saturated heterocycles. The van der Waals surface area contributed by atoms with Gasteiger partial charge >= 0.3 is 0 Å². The lowest BCUT2D eigenvalue weighted by molar-refractivity contribution is 0.208. The first-order valence-electron chi connectivity index (χ1n) is 4.70. The standard InChI is InChI=1S/C11H16FNO2/c1-11(13,7-14)6-8-3-4-9(12)10(5-8)15-2/h3-5,14H,6-7,13H2,1-2H3. The van der Waals surface area contributed by atoms with Gasteiger partial charge in [0.1, 0.15) is 0 Å². The minimum atomic E-state index is -0.692. The molecule has 0 fully saturated rings. The van der Waals surface area contributed by atoms with Gasteiger partial charge in [-0.25, -0.2) is 4.39 Å². The predicted molar refractivity (Wildman–Crippen MR) is 56.3 cm³/mol. The SMILES string of the molecule is COc1cc(CC(C)(N)CO)ccc1F. The van der Waals surface area contributed by atoms with Crippen LogP contribution in [0.1, 0.15) is 12.5 Å². The van der Waals surface area contributed by atoms with Crippen molar-refractivity contribution in [2.45, 2.75) is 18.9 Å². The van der Waals surface area contributed by atoms with Crippen LogP contribution in [0.3, 0.4) is 0 Å². The summed E-state index contributed by atoms with van der Waals surface area (Å²) in [4.78, 5) is 0.